The summed E-state index contributed by atoms with van der Waals surface area (Å²) in [4.78, 5) is 30.8. The largest absolute Gasteiger partial charge is 0.355 e. The van der Waals surface area contributed by atoms with E-state index in [9.17, 15) is 9.59 Å². The lowest BCUT2D eigenvalue weighted by Gasteiger charge is -2.30. The molecule has 1 aliphatic rings. The summed E-state index contributed by atoms with van der Waals surface area (Å²) in [7, 11) is 1.61. The van der Waals surface area contributed by atoms with Crippen LogP contribution in [0, 0.1) is 0 Å². The van der Waals surface area contributed by atoms with Crippen molar-refractivity contribution in [3.63, 3.8) is 0 Å². The number of fused-ring (bicyclic) bond motifs is 1. The molecule has 3 aromatic rings. The third-order valence-corrected chi connectivity index (χ3v) is 6.48. The van der Waals surface area contributed by atoms with Gasteiger partial charge in [0.05, 0.1) is 15.2 Å². The number of nitrogens with zero attached hydrogens (tertiary/aromatic N) is 2. The lowest BCUT2D eigenvalue weighted by Crippen LogP contribution is -2.36. The third kappa shape index (κ3) is 4.38. The van der Waals surface area contributed by atoms with Crippen LogP contribution in [-0.4, -0.2) is 41.8 Å². The van der Waals surface area contributed by atoms with Crippen molar-refractivity contribution < 1.29 is 9.59 Å². The van der Waals surface area contributed by atoms with Gasteiger partial charge in [0.25, 0.3) is 5.91 Å². The van der Waals surface area contributed by atoms with Gasteiger partial charge in [-0.05, 0) is 48.7 Å². The Balaban J connectivity index is 1.34. The van der Waals surface area contributed by atoms with Gasteiger partial charge in [-0.3, -0.25) is 9.59 Å². The minimum Gasteiger partial charge on any atom is -0.355 e. The molecule has 29 heavy (non-hydrogen) atoms. The number of amides is 2. The van der Waals surface area contributed by atoms with Gasteiger partial charge in [-0.15, -0.1) is 11.3 Å². The van der Waals surface area contributed by atoms with Gasteiger partial charge in [-0.25, -0.2) is 4.98 Å². The topological polar surface area (TPSA) is 62.3 Å². The molecule has 2 heterocycles. The number of likely N-dealkylation sites (tertiary alicyclic amines) is 1. The maximum absolute atomic E-state index is 12.5. The number of thiazole rings is 1. The number of rotatable bonds is 4. The van der Waals surface area contributed by atoms with Gasteiger partial charge in [-0.1, -0.05) is 24.3 Å². The van der Waals surface area contributed by atoms with Crippen molar-refractivity contribution in [2.24, 2.45) is 0 Å². The summed E-state index contributed by atoms with van der Waals surface area (Å²) in [6.45, 7) is 1.50. The van der Waals surface area contributed by atoms with Crippen molar-refractivity contribution in [2.45, 2.75) is 18.8 Å². The Labute approximate surface area is 174 Å². The summed E-state index contributed by atoms with van der Waals surface area (Å²) in [6, 6.07) is 15.4. The number of aromatic nitrogens is 1. The fourth-order valence-corrected chi connectivity index (χ4v) is 4.71. The fourth-order valence-electron chi connectivity index (χ4n) is 3.57. The van der Waals surface area contributed by atoms with Crippen LogP contribution >= 0.6 is 11.3 Å². The molecule has 1 aliphatic heterocycles. The summed E-state index contributed by atoms with van der Waals surface area (Å²) in [5.74, 6) is 0.341. The molecule has 1 N–H and O–H groups in total. The van der Waals surface area contributed by atoms with E-state index in [2.05, 4.69) is 17.4 Å². The number of benzene rings is 2. The highest BCUT2D eigenvalue weighted by Gasteiger charge is 2.25. The Morgan fingerprint density at radius 2 is 1.83 bits per heavy atom. The highest BCUT2D eigenvalue weighted by Crippen LogP contribution is 2.33. The first-order valence-electron chi connectivity index (χ1n) is 9.78. The molecule has 0 spiro atoms. The van der Waals surface area contributed by atoms with Crippen LogP contribution in [0.25, 0.3) is 16.3 Å². The van der Waals surface area contributed by atoms with Crippen LogP contribution in [-0.2, 0) is 4.79 Å². The van der Waals surface area contributed by atoms with Crippen LogP contribution in [0.2, 0.25) is 0 Å². The van der Waals surface area contributed by atoms with E-state index in [4.69, 9.17) is 4.98 Å². The predicted octanol–water partition coefficient (Wildman–Crippen LogP) is 4.08. The van der Waals surface area contributed by atoms with Gasteiger partial charge < -0.3 is 10.2 Å². The molecule has 6 heteroatoms. The Bertz CT molecular complexity index is 1010. The molecule has 0 bridgehead atoms. The first kappa shape index (κ1) is 19.3. The van der Waals surface area contributed by atoms with E-state index in [1.54, 1.807) is 42.7 Å². The Hall–Kier alpha value is -2.99. The Morgan fingerprint density at radius 3 is 2.52 bits per heavy atom. The molecule has 1 saturated heterocycles. The zero-order chi connectivity index (χ0) is 20.2. The molecular formula is C23H23N3O2S. The number of hydrogen-bond donors (Lipinski definition) is 1. The van der Waals surface area contributed by atoms with Crippen LogP contribution in [0.5, 0.6) is 0 Å². The van der Waals surface area contributed by atoms with Gasteiger partial charge >= 0.3 is 0 Å². The second-order valence-corrected chi connectivity index (χ2v) is 8.22. The average molecular weight is 406 g/mol. The van der Waals surface area contributed by atoms with E-state index in [0.29, 0.717) is 11.5 Å². The quantitative estimate of drug-likeness (QED) is 0.666. The van der Waals surface area contributed by atoms with Crippen molar-refractivity contribution >= 4 is 39.4 Å². The minimum atomic E-state index is -0.118. The number of para-hydroxylation sites is 1. The molecule has 5 nitrogen and oxygen atoms in total. The molecule has 1 fully saturated rings. The van der Waals surface area contributed by atoms with Crippen molar-refractivity contribution in [2.75, 3.05) is 20.1 Å². The van der Waals surface area contributed by atoms with Crippen LogP contribution in [0.4, 0.5) is 0 Å². The van der Waals surface area contributed by atoms with Crippen LogP contribution in [0.1, 0.15) is 39.7 Å². The smallest absolute Gasteiger partial charge is 0.251 e. The summed E-state index contributed by atoms with van der Waals surface area (Å²) in [5, 5.41) is 3.78. The Morgan fingerprint density at radius 1 is 1.10 bits per heavy atom. The van der Waals surface area contributed by atoms with Crippen LogP contribution < -0.4 is 5.32 Å². The van der Waals surface area contributed by atoms with E-state index in [0.717, 1.165) is 37.0 Å². The van der Waals surface area contributed by atoms with Gasteiger partial charge in [0.15, 0.2) is 0 Å². The summed E-state index contributed by atoms with van der Waals surface area (Å²) < 4.78 is 1.23. The highest BCUT2D eigenvalue weighted by atomic mass is 32.1. The van der Waals surface area contributed by atoms with Crippen LogP contribution in [0.15, 0.2) is 54.6 Å². The molecule has 0 aliphatic carbocycles. The number of carbonyl (C=O) groups excluding carboxylic acids is 2. The zero-order valence-corrected chi connectivity index (χ0v) is 17.1. The van der Waals surface area contributed by atoms with Gasteiger partial charge in [-0.2, -0.15) is 0 Å². The van der Waals surface area contributed by atoms with Crippen LogP contribution in [0.3, 0.4) is 0 Å². The molecule has 0 unspecified atom stereocenters. The third-order valence-electron chi connectivity index (χ3n) is 5.28. The molecule has 0 radical (unpaired) electrons. The first-order chi connectivity index (χ1) is 14.1. The molecule has 2 amide bonds. The summed E-state index contributed by atoms with van der Waals surface area (Å²) >= 11 is 1.77. The first-order valence-corrected chi connectivity index (χ1v) is 10.6. The van der Waals surface area contributed by atoms with Crippen molar-refractivity contribution in [3.8, 4) is 0 Å². The SMILES string of the molecule is CNC(=O)c1ccc(/C=C/C(=O)N2CCC(c3nc4ccccc4s3)CC2)cc1. The molecular weight excluding hydrogens is 382 g/mol. The lowest BCUT2D eigenvalue weighted by molar-refractivity contribution is -0.126. The fraction of sp³-hybridized carbons (Fsp3) is 0.261. The average Bonchev–Trinajstić information content (AvgIpc) is 3.22. The van der Waals surface area contributed by atoms with Crippen molar-refractivity contribution in [1.29, 1.82) is 0 Å². The van der Waals surface area contributed by atoms with E-state index in [1.165, 1.54) is 9.71 Å². The standard InChI is InChI=1S/C23H23N3O2S/c1-24-22(28)17-9-6-16(7-10-17)8-11-21(27)26-14-12-18(13-15-26)23-25-19-4-2-3-5-20(19)29-23/h2-11,18H,12-15H2,1H3,(H,24,28)/b11-8+. The number of piperidine rings is 1. The van der Waals surface area contributed by atoms with Gasteiger partial charge in [0.2, 0.25) is 5.91 Å². The Kier molecular flexibility index (Phi) is 5.71. The van der Waals surface area contributed by atoms with E-state index in [1.807, 2.05) is 29.2 Å². The maximum atomic E-state index is 12.5. The number of nitrogens with one attached hydrogen (secondary N) is 1. The number of carbonyl (C=O) groups is 2. The summed E-state index contributed by atoms with van der Waals surface area (Å²) in [5.41, 5.74) is 2.57. The predicted molar refractivity (Wildman–Crippen MR) is 117 cm³/mol. The normalized spacial score (nSPS) is 15.1. The molecule has 0 atom stereocenters. The van der Waals surface area contributed by atoms with Gasteiger partial charge in [0, 0.05) is 37.7 Å². The number of hydrogen-bond acceptors (Lipinski definition) is 4. The molecule has 1 aromatic heterocycles. The second kappa shape index (κ2) is 8.57. The lowest BCUT2D eigenvalue weighted by atomic mass is 9.97. The highest BCUT2D eigenvalue weighted by molar-refractivity contribution is 7.18. The zero-order valence-electron chi connectivity index (χ0n) is 16.3. The maximum Gasteiger partial charge on any atom is 0.251 e. The van der Waals surface area contributed by atoms with Crippen molar-refractivity contribution in [1.82, 2.24) is 15.2 Å². The van der Waals surface area contributed by atoms with Gasteiger partial charge in [0.1, 0.15) is 0 Å². The van der Waals surface area contributed by atoms with E-state index >= 15 is 0 Å². The molecule has 2 aromatic carbocycles. The van der Waals surface area contributed by atoms with Crippen molar-refractivity contribution in [3.05, 3.63) is 70.7 Å². The molecule has 148 valence electrons. The molecule has 0 saturated carbocycles. The van der Waals surface area contributed by atoms with E-state index in [-0.39, 0.29) is 11.8 Å². The molecule has 4 rings (SSSR count). The van der Waals surface area contributed by atoms with E-state index < -0.39 is 0 Å². The summed E-state index contributed by atoms with van der Waals surface area (Å²) in [6.07, 6.45) is 5.31. The minimum absolute atomic E-state index is 0.0307. The second-order valence-electron chi connectivity index (χ2n) is 7.15. The monoisotopic (exact) mass is 405 g/mol.